The van der Waals surface area contributed by atoms with Crippen LogP contribution >= 0.6 is 0 Å². The third-order valence-electron chi connectivity index (χ3n) is 5.99. The summed E-state index contributed by atoms with van der Waals surface area (Å²) in [6.45, 7) is 2.43. The zero-order chi connectivity index (χ0) is 13.6. The molecule has 0 amide bonds. The van der Waals surface area contributed by atoms with E-state index in [0.717, 1.165) is 23.9 Å². The molecule has 2 aliphatic carbocycles. The minimum Gasteiger partial charge on any atom is -0.311 e. The first-order chi connectivity index (χ1) is 9.90. The van der Waals surface area contributed by atoms with Crippen LogP contribution in [0.4, 0.5) is 0 Å². The lowest BCUT2D eigenvalue weighted by Crippen LogP contribution is -2.55. The lowest BCUT2D eigenvalue weighted by Gasteiger charge is -2.36. The van der Waals surface area contributed by atoms with Crippen LogP contribution in [0.3, 0.4) is 0 Å². The first-order valence-corrected chi connectivity index (χ1v) is 9.37. The summed E-state index contributed by atoms with van der Waals surface area (Å²) >= 11 is 0. The molecule has 0 aromatic heterocycles. The first-order valence-electron chi connectivity index (χ1n) is 9.37. The molecule has 2 unspecified atom stereocenters. The van der Waals surface area contributed by atoms with E-state index in [1.165, 1.54) is 90.1 Å². The van der Waals surface area contributed by atoms with Gasteiger partial charge in [-0.15, -0.1) is 0 Å². The Morgan fingerprint density at radius 1 is 0.550 bits per heavy atom. The van der Waals surface area contributed by atoms with Crippen molar-refractivity contribution in [3.05, 3.63) is 0 Å². The lowest BCUT2D eigenvalue weighted by atomic mass is 9.83. The Morgan fingerprint density at radius 3 is 1.30 bits per heavy atom. The van der Waals surface area contributed by atoms with Gasteiger partial charge in [0.05, 0.1) is 0 Å². The van der Waals surface area contributed by atoms with Gasteiger partial charge in [0.25, 0.3) is 0 Å². The normalized spacial score (nSPS) is 34.2. The third-order valence-corrected chi connectivity index (χ3v) is 5.99. The SMILES string of the molecule is C1CCC(CC2CNC(CC3CCCCC3)CN2)CC1. The van der Waals surface area contributed by atoms with Crippen LogP contribution in [0.25, 0.3) is 0 Å². The van der Waals surface area contributed by atoms with Crippen LogP contribution in [-0.2, 0) is 0 Å². The van der Waals surface area contributed by atoms with Crippen LogP contribution in [0.1, 0.15) is 77.0 Å². The van der Waals surface area contributed by atoms with Crippen molar-refractivity contribution in [2.24, 2.45) is 11.8 Å². The Morgan fingerprint density at radius 2 is 0.950 bits per heavy atom. The second-order valence-electron chi connectivity index (χ2n) is 7.69. The van der Waals surface area contributed by atoms with E-state index < -0.39 is 0 Å². The van der Waals surface area contributed by atoms with Crippen LogP contribution < -0.4 is 10.6 Å². The summed E-state index contributed by atoms with van der Waals surface area (Å²) in [5.74, 6) is 2.02. The topological polar surface area (TPSA) is 24.1 Å². The summed E-state index contributed by atoms with van der Waals surface area (Å²) in [4.78, 5) is 0. The van der Waals surface area contributed by atoms with Gasteiger partial charge in [-0.3, -0.25) is 0 Å². The summed E-state index contributed by atoms with van der Waals surface area (Å²) in [6.07, 6.45) is 17.7. The first kappa shape index (κ1) is 14.8. The van der Waals surface area contributed by atoms with Crippen LogP contribution in [0.5, 0.6) is 0 Å². The molecular weight excluding hydrogens is 244 g/mol. The fourth-order valence-electron chi connectivity index (χ4n) is 4.75. The van der Waals surface area contributed by atoms with Crippen LogP contribution in [0.15, 0.2) is 0 Å². The summed E-state index contributed by atoms with van der Waals surface area (Å²) in [7, 11) is 0. The molecule has 2 nitrogen and oxygen atoms in total. The predicted molar refractivity (Wildman–Crippen MR) is 86.0 cm³/mol. The highest BCUT2D eigenvalue weighted by Gasteiger charge is 2.25. The molecule has 1 heterocycles. The fraction of sp³-hybridized carbons (Fsp3) is 1.00. The van der Waals surface area contributed by atoms with Gasteiger partial charge < -0.3 is 10.6 Å². The van der Waals surface area contributed by atoms with Crippen molar-refractivity contribution in [1.82, 2.24) is 10.6 Å². The van der Waals surface area contributed by atoms with Gasteiger partial charge in [0, 0.05) is 25.2 Å². The van der Waals surface area contributed by atoms with Gasteiger partial charge in [-0.1, -0.05) is 64.2 Å². The number of nitrogens with one attached hydrogen (secondary N) is 2. The molecule has 1 saturated heterocycles. The van der Waals surface area contributed by atoms with E-state index in [9.17, 15) is 0 Å². The summed E-state index contributed by atoms with van der Waals surface area (Å²) in [5, 5.41) is 7.69. The highest BCUT2D eigenvalue weighted by atomic mass is 15.1. The molecule has 2 atom stereocenters. The highest BCUT2D eigenvalue weighted by molar-refractivity contribution is 4.86. The van der Waals surface area contributed by atoms with E-state index >= 15 is 0 Å². The van der Waals surface area contributed by atoms with E-state index in [2.05, 4.69) is 10.6 Å². The molecule has 1 aliphatic heterocycles. The zero-order valence-electron chi connectivity index (χ0n) is 13.2. The van der Waals surface area contributed by atoms with E-state index in [0.29, 0.717) is 0 Å². The average molecular weight is 278 g/mol. The minimum atomic E-state index is 0.751. The number of hydrogen-bond donors (Lipinski definition) is 2. The van der Waals surface area contributed by atoms with E-state index in [1.54, 1.807) is 0 Å². The minimum absolute atomic E-state index is 0.751. The van der Waals surface area contributed by atoms with Crippen molar-refractivity contribution in [2.75, 3.05) is 13.1 Å². The molecule has 2 saturated carbocycles. The summed E-state index contributed by atoms with van der Waals surface area (Å²) < 4.78 is 0. The molecule has 116 valence electrons. The Hall–Kier alpha value is -0.0800. The Labute approximate surface area is 125 Å². The molecule has 0 aromatic carbocycles. The Bertz CT molecular complexity index is 231. The monoisotopic (exact) mass is 278 g/mol. The van der Waals surface area contributed by atoms with Crippen molar-refractivity contribution in [3.63, 3.8) is 0 Å². The van der Waals surface area contributed by atoms with Gasteiger partial charge in [-0.2, -0.15) is 0 Å². The maximum Gasteiger partial charge on any atom is 0.0195 e. The highest BCUT2D eigenvalue weighted by Crippen LogP contribution is 2.29. The maximum absolute atomic E-state index is 3.84. The zero-order valence-corrected chi connectivity index (χ0v) is 13.2. The molecule has 2 heteroatoms. The van der Waals surface area contributed by atoms with E-state index in [-0.39, 0.29) is 0 Å². The number of hydrogen-bond acceptors (Lipinski definition) is 2. The fourth-order valence-corrected chi connectivity index (χ4v) is 4.75. The molecule has 3 fully saturated rings. The molecule has 3 aliphatic rings. The van der Waals surface area contributed by atoms with Gasteiger partial charge >= 0.3 is 0 Å². The van der Waals surface area contributed by atoms with Crippen LogP contribution in [0, 0.1) is 11.8 Å². The quantitative estimate of drug-likeness (QED) is 0.816. The van der Waals surface area contributed by atoms with Crippen molar-refractivity contribution in [3.8, 4) is 0 Å². The summed E-state index contributed by atoms with van der Waals surface area (Å²) in [5.41, 5.74) is 0. The smallest absolute Gasteiger partial charge is 0.0195 e. The number of piperazine rings is 1. The molecule has 0 spiro atoms. The standard InChI is InChI=1S/C18H34N2/c1-3-7-15(8-4-1)11-17-13-20-18(14-19-17)12-16-9-5-2-6-10-16/h15-20H,1-14H2. The van der Waals surface area contributed by atoms with Crippen molar-refractivity contribution in [2.45, 2.75) is 89.1 Å². The van der Waals surface area contributed by atoms with Gasteiger partial charge in [-0.05, 0) is 24.7 Å². The molecule has 20 heavy (non-hydrogen) atoms. The van der Waals surface area contributed by atoms with Gasteiger partial charge in [0.1, 0.15) is 0 Å². The van der Waals surface area contributed by atoms with Gasteiger partial charge in [-0.25, -0.2) is 0 Å². The summed E-state index contributed by atoms with van der Waals surface area (Å²) in [6, 6.07) is 1.50. The van der Waals surface area contributed by atoms with Crippen molar-refractivity contribution < 1.29 is 0 Å². The molecule has 0 radical (unpaired) electrons. The molecule has 0 aromatic rings. The van der Waals surface area contributed by atoms with Gasteiger partial charge in [0.2, 0.25) is 0 Å². The third kappa shape index (κ3) is 4.46. The lowest BCUT2D eigenvalue weighted by molar-refractivity contribution is 0.231. The Kier molecular flexibility index (Phi) is 5.78. The van der Waals surface area contributed by atoms with E-state index in [4.69, 9.17) is 0 Å². The molecule has 3 rings (SSSR count). The predicted octanol–water partition coefficient (Wildman–Crippen LogP) is 3.86. The maximum atomic E-state index is 3.84. The molecule has 0 bridgehead atoms. The van der Waals surface area contributed by atoms with Gasteiger partial charge in [0.15, 0.2) is 0 Å². The molecule has 2 N–H and O–H groups in total. The number of rotatable bonds is 4. The average Bonchev–Trinajstić information content (AvgIpc) is 2.51. The Balaban J connectivity index is 1.33. The van der Waals surface area contributed by atoms with Crippen molar-refractivity contribution in [1.29, 1.82) is 0 Å². The van der Waals surface area contributed by atoms with E-state index in [1.807, 2.05) is 0 Å². The second kappa shape index (κ2) is 7.79. The van der Waals surface area contributed by atoms with Crippen molar-refractivity contribution >= 4 is 0 Å². The molecular formula is C18H34N2. The van der Waals surface area contributed by atoms with Crippen LogP contribution in [-0.4, -0.2) is 25.2 Å². The largest absolute Gasteiger partial charge is 0.311 e. The second-order valence-corrected chi connectivity index (χ2v) is 7.69. The van der Waals surface area contributed by atoms with Crippen LogP contribution in [0.2, 0.25) is 0 Å².